The van der Waals surface area contributed by atoms with Gasteiger partial charge in [0.15, 0.2) is 5.16 Å². The first-order valence-corrected chi connectivity index (χ1v) is 8.54. The third-order valence-corrected chi connectivity index (χ3v) is 4.77. The fourth-order valence-corrected chi connectivity index (χ4v) is 3.57. The monoisotopic (exact) mass is 338 g/mol. The Morgan fingerprint density at radius 2 is 1.95 bits per heavy atom. The van der Waals surface area contributed by atoms with Gasteiger partial charge in [-0.15, -0.1) is 11.3 Å². The van der Waals surface area contributed by atoms with Crippen molar-refractivity contribution in [3.8, 4) is 16.9 Å². The first kappa shape index (κ1) is 15.2. The predicted octanol–water partition coefficient (Wildman–Crippen LogP) is 4.99. The Morgan fingerprint density at radius 3 is 2.68 bits per heavy atom. The number of aryl methyl sites for hydroxylation is 1. The van der Waals surface area contributed by atoms with Gasteiger partial charge in [0.2, 0.25) is 0 Å². The number of fused-ring (bicyclic) bond motifs is 1. The second-order valence-corrected chi connectivity index (χ2v) is 6.15. The third-order valence-electron chi connectivity index (χ3n) is 3.14. The van der Waals surface area contributed by atoms with E-state index in [0.717, 1.165) is 21.5 Å². The fraction of sp³-hybridized carbons (Fsp3) is 0.200. The van der Waals surface area contributed by atoms with Gasteiger partial charge in [-0.3, -0.25) is 0 Å². The minimum atomic E-state index is -2.86. The first-order valence-electron chi connectivity index (χ1n) is 6.44. The molecular formula is C15H12F2N2OS2. The Bertz CT molecular complexity index is 820. The molecule has 3 rings (SSSR count). The van der Waals surface area contributed by atoms with Gasteiger partial charge in [-0.1, -0.05) is 30.0 Å². The molecule has 0 N–H and O–H groups in total. The van der Waals surface area contributed by atoms with Gasteiger partial charge in [-0.25, -0.2) is 9.97 Å². The van der Waals surface area contributed by atoms with Crippen molar-refractivity contribution in [1.82, 2.24) is 9.97 Å². The quantitative estimate of drug-likeness (QED) is 0.496. The topological polar surface area (TPSA) is 35.0 Å². The van der Waals surface area contributed by atoms with Crippen LogP contribution < -0.4 is 4.74 Å². The minimum Gasteiger partial charge on any atom is -0.434 e. The lowest BCUT2D eigenvalue weighted by Gasteiger charge is -2.10. The van der Waals surface area contributed by atoms with E-state index in [1.165, 1.54) is 29.2 Å². The highest BCUT2D eigenvalue weighted by atomic mass is 32.2. The van der Waals surface area contributed by atoms with Crippen molar-refractivity contribution in [2.75, 3.05) is 6.26 Å². The van der Waals surface area contributed by atoms with Gasteiger partial charge in [0.05, 0.1) is 15.9 Å². The van der Waals surface area contributed by atoms with Crippen molar-refractivity contribution in [3.63, 3.8) is 0 Å². The van der Waals surface area contributed by atoms with E-state index in [2.05, 4.69) is 14.7 Å². The smallest absolute Gasteiger partial charge is 0.387 e. The summed E-state index contributed by atoms with van der Waals surface area (Å²) >= 11 is 2.96. The lowest BCUT2D eigenvalue weighted by atomic mass is 10.1. The van der Waals surface area contributed by atoms with Gasteiger partial charge in [0.1, 0.15) is 5.75 Å². The standard InChI is InChI=1S/C15H12F2N2OS2/c1-8-13-12(19-15(18-8)21-2)10(7-22-13)9-5-3-4-6-11(9)20-14(16)17/h3-7,14H,1-2H3. The van der Waals surface area contributed by atoms with Crippen molar-refractivity contribution in [2.24, 2.45) is 0 Å². The molecule has 3 nitrogen and oxygen atoms in total. The van der Waals surface area contributed by atoms with Crippen molar-refractivity contribution in [3.05, 3.63) is 35.3 Å². The molecule has 0 aliphatic carbocycles. The number of hydrogen-bond donors (Lipinski definition) is 0. The van der Waals surface area contributed by atoms with Crippen LogP contribution in [0.15, 0.2) is 34.8 Å². The van der Waals surface area contributed by atoms with Crippen molar-refractivity contribution < 1.29 is 13.5 Å². The van der Waals surface area contributed by atoms with Crippen LogP contribution in [0.5, 0.6) is 5.75 Å². The number of alkyl halides is 2. The zero-order valence-electron chi connectivity index (χ0n) is 11.8. The second-order valence-electron chi connectivity index (χ2n) is 4.50. The summed E-state index contributed by atoms with van der Waals surface area (Å²) in [6, 6.07) is 6.76. The Balaban J connectivity index is 2.21. The zero-order valence-corrected chi connectivity index (χ0v) is 13.5. The summed E-state index contributed by atoms with van der Waals surface area (Å²) in [7, 11) is 0. The SMILES string of the molecule is CSc1nc(C)c2scc(-c3ccccc3OC(F)F)c2n1. The summed E-state index contributed by atoms with van der Waals surface area (Å²) in [5.41, 5.74) is 3.06. The Morgan fingerprint density at radius 1 is 1.18 bits per heavy atom. The molecule has 0 saturated heterocycles. The Hall–Kier alpha value is -1.73. The highest BCUT2D eigenvalue weighted by Crippen LogP contribution is 2.39. The van der Waals surface area contributed by atoms with E-state index in [1.807, 2.05) is 18.6 Å². The number of hydrogen-bond acceptors (Lipinski definition) is 5. The van der Waals surface area contributed by atoms with Gasteiger partial charge >= 0.3 is 6.61 Å². The molecule has 2 aromatic heterocycles. The van der Waals surface area contributed by atoms with Crippen LogP contribution in [0, 0.1) is 6.92 Å². The lowest BCUT2D eigenvalue weighted by Crippen LogP contribution is -2.03. The van der Waals surface area contributed by atoms with Crippen LogP contribution in [0.4, 0.5) is 8.78 Å². The number of halogens is 2. The molecule has 0 unspecified atom stereocenters. The highest BCUT2D eigenvalue weighted by molar-refractivity contribution is 7.98. The van der Waals surface area contributed by atoms with Crippen LogP contribution in [0.1, 0.15) is 5.69 Å². The maximum atomic E-state index is 12.6. The van der Waals surface area contributed by atoms with E-state index >= 15 is 0 Å². The Kier molecular flexibility index (Phi) is 4.26. The number of ether oxygens (including phenoxy) is 1. The molecule has 0 radical (unpaired) electrons. The molecule has 1 aromatic carbocycles. The van der Waals surface area contributed by atoms with Gasteiger partial charge in [0.25, 0.3) is 0 Å². The van der Waals surface area contributed by atoms with Crippen molar-refractivity contribution in [2.45, 2.75) is 18.7 Å². The van der Waals surface area contributed by atoms with E-state index in [1.54, 1.807) is 18.2 Å². The predicted molar refractivity (Wildman–Crippen MR) is 86.0 cm³/mol. The molecule has 0 fully saturated rings. The molecule has 0 atom stereocenters. The molecule has 0 aliphatic heterocycles. The summed E-state index contributed by atoms with van der Waals surface area (Å²) in [5.74, 6) is 0.152. The summed E-state index contributed by atoms with van der Waals surface area (Å²) < 4.78 is 30.8. The first-order chi connectivity index (χ1) is 10.6. The number of aromatic nitrogens is 2. The largest absolute Gasteiger partial charge is 0.434 e. The number of benzene rings is 1. The number of thioether (sulfide) groups is 1. The molecular weight excluding hydrogens is 326 g/mol. The molecule has 114 valence electrons. The van der Waals surface area contributed by atoms with Crippen LogP contribution in [-0.2, 0) is 0 Å². The van der Waals surface area contributed by atoms with Gasteiger partial charge in [0, 0.05) is 16.5 Å². The number of para-hydroxylation sites is 1. The second kappa shape index (κ2) is 6.18. The maximum Gasteiger partial charge on any atom is 0.387 e. The minimum absolute atomic E-state index is 0.152. The molecule has 0 bridgehead atoms. The normalized spacial score (nSPS) is 11.3. The van der Waals surface area contributed by atoms with Crippen LogP contribution in [0.2, 0.25) is 0 Å². The molecule has 2 heterocycles. The van der Waals surface area contributed by atoms with E-state index < -0.39 is 6.61 Å². The van der Waals surface area contributed by atoms with Crippen molar-refractivity contribution in [1.29, 1.82) is 0 Å². The molecule has 0 amide bonds. The van der Waals surface area contributed by atoms with Gasteiger partial charge < -0.3 is 4.74 Å². The fourth-order valence-electron chi connectivity index (χ4n) is 2.20. The summed E-state index contributed by atoms with van der Waals surface area (Å²) in [6.07, 6.45) is 1.90. The summed E-state index contributed by atoms with van der Waals surface area (Å²) in [4.78, 5) is 8.94. The van der Waals surface area contributed by atoms with Crippen molar-refractivity contribution >= 4 is 33.3 Å². The molecule has 22 heavy (non-hydrogen) atoms. The maximum absolute atomic E-state index is 12.6. The van der Waals surface area contributed by atoms with E-state index in [4.69, 9.17) is 0 Å². The Labute approximate surface area is 134 Å². The summed E-state index contributed by atoms with van der Waals surface area (Å²) in [6.45, 7) is -0.935. The van der Waals surface area contributed by atoms with Crippen LogP contribution >= 0.6 is 23.1 Å². The van der Waals surface area contributed by atoms with Gasteiger partial charge in [-0.2, -0.15) is 8.78 Å². The van der Waals surface area contributed by atoms with Crippen LogP contribution in [0.3, 0.4) is 0 Å². The highest BCUT2D eigenvalue weighted by Gasteiger charge is 2.17. The molecule has 0 spiro atoms. The third kappa shape index (κ3) is 2.78. The molecule has 3 aromatic rings. The number of nitrogens with zero attached hydrogens (tertiary/aromatic N) is 2. The molecule has 0 aliphatic rings. The average molecular weight is 338 g/mol. The molecule has 0 saturated carbocycles. The summed E-state index contributed by atoms with van der Waals surface area (Å²) in [5, 5.41) is 2.57. The van der Waals surface area contributed by atoms with E-state index in [0.29, 0.717) is 10.7 Å². The number of thiophene rings is 1. The van der Waals surface area contributed by atoms with E-state index in [9.17, 15) is 8.78 Å². The average Bonchev–Trinajstić information content (AvgIpc) is 2.91. The lowest BCUT2D eigenvalue weighted by molar-refractivity contribution is -0.0494. The van der Waals surface area contributed by atoms with Crippen LogP contribution in [0.25, 0.3) is 21.3 Å². The molecule has 7 heteroatoms. The van der Waals surface area contributed by atoms with Gasteiger partial charge in [-0.05, 0) is 19.2 Å². The van der Waals surface area contributed by atoms with E-state index in [-0.39, 0.29) is 5.75 Å². The number of rotatable bonds is 4. The zero-order chi connectivity index (χ0) is 15.7. The van der Waals surface area contributed by atoms with Crippen LogP contribution in [-0.4, -0.2) is 22.8 Å².